The minimum atomic E-state index is -0.165. The highest BCUT2D eigenvalue weighted by atomic mass is 16.5. The van der Waals surface area contributed by atoms with Crippen molar-refractivity contribution < 1.29 is 14.3 Å². The number of benzene rings is 1. The summed E-state index contributed by atoms with van der Waals surface area (Å²) in [6.45, 7) is 3.06. The van der Waals surface area contributed by atoms with Crippen LogP contribution in [0.1, 0.15) is 34.3 Å². The van der Waals surface area contributed by atoms with E-state index in [1.165, 1.54) is 0 Å². The van der Waals surface area contributed by atoms with Gasteiger partial charge >= 0.3 is 0 Å². The number of aryl methyl sites for hydroxylation is 1. The zero-order valence-electron chi connectivity index (χ0n) is 15.7. The average molecular weight is 364 g/mol. The standard InChI is InChI=1S/C22H24N2O3/c1-16-13-19(27-2)8-9-20(16)22(26)18-6-4-12-24(15-18)21(25)10-7-17-5-3-11-23-14-17/h3,5,7-11,13-14,18H,4,6,12,15H2,1-2H3/b10-7+/t18-/m1/s1. The monoisotopic (exact) mass is 364 g/mol. The number of likely N-dealkylation sites (tertiary alicyclic amines) is 1. The molecular weight excluding hydrogens is 340 g/mol. The van der Waals surface area contributed by atoms with Gasteiger partial charge in [-0.05, 0) is 61.2 Å². The smallest absolute Gasteiger partial charge is 0.246 e. The van der Waals surface area contributed by atoms with Gasteiger partial charge in [0.25, 0.3) is 0 Å². The normalized spacial score (nSPS) is 17.1. The molecule has 140 valence electrons. The number of hydrogen-bond acceptors (Lipinski definition) is 4. The average Bonchev–Trinajstić information content (AvgIpc) is 2.72. The molecule has 27 heavy (non-hydrogen) atoms. The molecular formula is C22H24N2O3. The highest BCUT2D eigenvalue weighted by Gasteiger charge is 2.29. The molecule has 5 heteroatoms. The fourth-order valence-corrected chi connectivity index (χ4v) is 3.40. The van der Waals surface area contributed by atoms with E-state index in [4.69, 9.17) is 4.74 Å². The first kappa shape index (κ1) is 18.8. The van der Waals surface area contributed by atoms with Gasteiger partial charge in [0.15, 0.2) is 5.78 Å². The maximum Gasteiger partial charge on any atom is 0.246 e. The van der Waals surface area contributed by atoms with E-state index in [9.17, 15) is 9.59 Å². The Morgan fingerprint density at radius 1 is 1.30 bits per heavy atom. The Morgan fingerprint density at radius 2 is 2.15 bits per heavy atom. The largest absolute Gasteiger partial charge is 0.497 e. The number of Topliss-reactive ketones (excluding diaryl/α,β-unsaturated/α-hetero) is 1. The van der Waals surface area contributed by atoms with Crippen molar-refractivity contribution in [2.45, 2.75) is 19.8 Å². The number of carbonyl (C=O) groups excluding carboxylic acids is 2. The first-order chi connectivity index (χ1) is 13.1. The summed E-state index contributed by atoms with van der Waals surface area (Å²) in [5.41, 5.74) is 2.49. The third kappa shape index (κ3) is 4.61. The second-order valence-corrected chi connectivity index (χ2v) is 6.79. The van der Waals surface area contributed by atoms with Gasteiger partial charge in [0.2, 0.25) is 5.91 Å². The molecule has 1 fully saturated rings. The van der Waals surface area contributed by atoms with Crippen LogP contribution in [0.3, 0.4) is 0 Å². The molecule has 1 aromatic heterocycles. The molecule has 5 nitrogen and oxygen atoms in total. The number of carbonyl (C=O) groups is 2. The molecule has 0 N–H and O–H groups in total. The van der Waals surface area contributed by atoms with Crippen LogP contribution < -0.4 is 4.74 Å². The SMILES string of the molecule is COc1ccc(C(=O)[C@@H]2CCCN(C(=O)/C=C/c3cccnc3)C2)c(C)c1. The Balaban J connectivity index is 1.67. The van der Waals surface area contributed by atoms with Crippen LogP contribution in [-0.2, 0) is 4.79 Å². The zero-order chi connectivity index (χ0) is 19.2. The van der Waals surface area contributed by atoms with Crippen molar-refractivity contribution in [1.29, 1.82) is 0 Å². The third-order valence-electron chi connectivity index (χ3n) is 4.91. The van der Waals surface area contributed by atoms with E-state index >= 15 is 0 Å². The van der Waals surface area contributed by atoms with E-state index in [0.29, 0.717) is 18.7 Å². The summed E-state index contributed by atoms with van der Waals surface area (Å²) in [4.78, 5) is 31.3. The van der Waals surface area contributed by atoms with Crippen LogP contribution in [0.15, 0.2) is 48.8 Å². The number of ether oxygens (including phenoxy) is 1. The van der Waals surface area contributed by atoms with Gasteiger partial charge in [0, 0.05) is 43.0 Å². The molecule has 0 aliphatic carbocycles. The zero-order valence-corrected chi connectivity index (χ0v) is 15.7. The Kier molecular flexibility index (Phi) is 6.01. The first-order valence-electron chi connectivity index (χ1n) is 9.14. The summed E-state index contributed by atoms with van der Waals surface area (Å²) < 4.78 is 5.21. The van der Waals surface area contributed by atoms with Gasteiger partial charge in [-0.15, -0.1) is 0 Å². The van der Waals surface area contributed by atoms with Gasteiger partial charge in [0.05, 0.1) is 7.11 Å². The van der Waals surface area contributed by atoms with Crippen molar-refractivity contribution in [3.8, 4) is 5.75 Å². The number of ketones is 1. The van der Waals surface area contributed by atoms with E-state index in [0.717, 1.165) is 29.7 Å². The summed E-state index contributed by atoms with van der Waals surface area (Å²) >= 11 is 0. The molecule has 1 atom stereocenters. The molecule has 1 aliphatic rings. The summed E-state index contributed by atoms with van der Waals surface area (Å²) in [7, 11) is 1.61. The van der Waals surface area contributed by atoms with Gasteiger partial charge < -0.3 is 9.64 Å². The number of amides is 1. The van der Waals surface area contributed by atoms with Crippen LogP contribution in [0.2, 0.25) is 0 Å². The van der Waals surface area contributed by atoms with Crippen molar-refractivity contribution in [3.05, 3.63) is 65.5 Å². The number of piperidine rings is 1. The maximum absolute atomic E-state index is 13.0. The van der Waals surface area contributed by atoms with Crippen LogP contribution in [0.25, 0.3) is 6.08 Å². The lowest BCUT2D eigenvalue weighted by atomic mass is 9.88. The highest BCUT2D eigenvalue weighted by Crippen LogP contribution is 2.25. The van der Waals surface area contributed by atoms with Crippen LogP contribution in [-0.4, -0.2) is 41.8 Å². The van der Waals surface area contributed by atoms with Crippen molar-refractivity contribution >= 4 is 17.8 Å². The van der Waals surface area contributed by atoms with Crippen LogP contribution >= 0.6 is 0 Å². The lowest BCUT2D eigenvalue weighted by Gasteiger charge is -2.31. The first-order valence-corrected chi connectivity index (χ1v) is 9.14. The van der Waals surface area contributed by atoms with Crippen LogP contribution in [0.5, 0.6) is 5.75 Å². The molecule has 1 amide bonds. The Morgan fingerprint density at radius 3 is 2.85 bits per heavy atom. The van der Waals surface area contributed by atoms with Crippen molar-refractivity contribution in [3.63, 3.8) is 0 Å². The van der Waals surface area contributed by atoms with Crippen molar-refractivity contribution in [2.24, 2.45) is 5.92 Å². The van der Waals surface area contributed by atoms with Gasteiger partial charge in [0.1, 0.15) is 5.75 Å². The molecule has 1 aliphatic heterocycles. The van der Waals surface area contributed by atoms with Crippen LogP contribution in [0.4, 0.5) is 0 Å². The molecule has 1 aromatic carbocycles. The van der Waals surface area contributed by atoms with E-state index in [1.54, 1.807) is 36.6 Å². The van der Waals surface area contributed by atoms with Crippen LogP contribution in [0, 0.1) is 12.8 Å². The predicted octanol–water partition coefficient (Wildman–Crippen LogP) is 3.53. The number of methoxy groups -OCH3 is 1. The molecule has 2 aromatic rings. The molecule has 0 saturated carbocycles. The maximum atomic E-state index is 13.0. The Hall–Kier alpha value is -2.95. The molecule has 0 spiro atoms. The van der Waals surface area contributed by atoms with Gasteiger partial charge in [-0.2, -0.15) is 0 Å². The predicted molar refractivity (Wildman–Crippen MR) is 105 cm³/mol. The van der Waals surface area contributed by atoms with Crippen molar-refractivity contribution in [1.82, 2.24) is 9.88 Å². The lowest BCUT2D eigenvalue weighted by molar-refractivity contribution is -0.127. The Bertz CT molecular complexity index is 846. The lowest BCUT2D eigenvalue weighted by Crippen LogP contribution is -2.41. The second-order valence-electron chi connectivity index (χ2n) is 6.79. The number of nitrogens with zero attached hydrogens (tertiary/aromatic N) is 2. The molecule has 0 unspecified atom stereocenters. The van der Waals surface area contributed by atoms with E-state index in [-0.39, 0.29) is 17.6 Å². The number of rotatable bonds is 5. The summed E-state index contributed by atoms with van der Waals surface area (Å²) in [5.74, 6) is 0.610. The Labute approximate surface area is 159 Å². The molecule has 0 bridgehead atoms. The summed E-state index contributed by atoms with van der Waals surface area (Å²) in [5, 5.41) is 0. The molecule has 3 rings (SSSR count). The van der Waals surface area contributed by atoms with Gasteiger partial charge in [-0.1, -0.05) is 6.07 Å². The van der Waals surface area contributed by atoms with E-state index in [2.05, 4.69) is 4.98 Å². The second kappa shape index (κ2) is 8.62. The minimum absolute atomic E-state index is 0.0668. The third-order valence-corrected chi connectivity index (χ3v) is 4.91. The molecule has 2 heterocycles. The van der Waals surface area contributed by atoms with Gasteiger partial charge in [-0.25, -0.2) is 0 Å². The minimum Gasteiger partial charge on any atom is -0.497 e. The number of pyridine rings is 1. The molecule has 0 radical (unpaired) electrons. The molecule has 1 saturated heterocycles. The topological polar surface area (TPSA) is 59.5 Å². The highest BCUT2D eigenvalue weighted by molar-refractivity contribution is 6.00. The van der Waals surface area contributed by atoms with E-state index in [1.807, 2.05) is 37.3 Å². The van der Waals surface area contributed by atoms with Crippen molar-refractivity contribution in [2.75, 3.05) is 20.2 Å². The number of aromatic nitrogens is 1. The van der Waals surface area contributed by atoms with Gasteiger partial charge in [-0.3, -0.25) is 14.6 Å². The fourth-order valence-electron chi connectivity index (χ4n) is 3.40. The number of hydrogen-bond donors (Lipinski definition) is 0. The van der Waals surface area contributed by atoms with E-state index < -0.39 is 0 Å². The summed E-state index contributed by atoms with van der Waals surface area (Å²) in [6, 6.07) is 9.22. The summed E-state index contributed by atoms with van der Waals surface area (Å²) in [6.07, 6.45) is 8.36. The quantitative estimate of drug-likeness (QED) is 0.601. The fraction of sp³-hybridized carbons (Fsp3) is 0.318.